The number of carbonyl (C=O) groups excluding carboxylic acids is 2. The molecule has 2 saturated heterocycles. The minimum atomic E-state index is -1.49. The number of nitrogens with one attached hydrogen (secondary N) is 1. The SMILES string of the molecule is CCc1cccc(CC)c1N1C(=O)C2C(c3ccc(N(C)C)cc3)NC(CC3CCCCC3)(C(=O)O)C2C1=O. The molecule has 2 aromatic rings. The summed E-state index contributed by atoms with van der Waals surface area (Å²) in [7, 11) is 3.93. The maximum atomic E-state index is 14.4. The molecule has 4 unspecified atom stereocenters. The minimum absolute atomic E-state index is 0.212. The lowest BCUT2D eigenvalue weighted by atomic mass is 9.72. The Labute approximate surface area is 231 Å². The molecular formula is C32H41N3O4. The van der Waals surface area contributed by atoms with Crippen molar-refractivity contribution in [1.82, 2.24) is 5.32 Å². The van der Waals surface area contributed by atoms with Crippen molar-refractivity contribution in [3.05, 3.63) is 59.2 Å². The van der Waals surface area contributed by atoms with Crippen LogP contribution < -0.4 is 15.1 Å². The Hall–Kier alpha value is -3.19. The van der Waals surface area contributed by atoms with Crippen LogP contribution >= 0.6 is 0 Å². The average Bonchev–Trinajstić information content (AvgIpc) is 3.42. The summed E-state index contributed by atoms with van der Waals surface area (Å²) < 4.78 is 0. The molecule has 2 heterocycles. The summed E-state index contributed by atoms with van der Waals surface area (Å²) in [5.74, 6) is -3.23. The molecule has 5 rings (SSSR count). The second-order valence-electron chi connectivity index (χ2n) is 11.7. The number of benzene rings is 2. The van der Waals surface area contributed by atoms with Crippen molar-refractivity contribution in [2.24, 2.45) is 17.8 Å². The van der Waals surface area contributed by atoms with Crippen molar-refractivity contribution in [2.45, 2.75) is 76.8 Å². The Morgan fingerprint density at radius 3 is 2.13 bits per heavy atom. The summed E-state index contributed by atoms with van der Waals surface area (Å²) in [6, 6.07) is 13.2. The molecule has 1 saturated carbocycles. The molecule has 0 bridgehead atoms. The standard InChI is InChI=1S/C32H41N3O4/c1-5-21-13-10-14-22(6-2)28(21)35-29(36)25-26(30(35)37)32(31(38)39,19-20-11-8-7-9-12-20)33-27(25)23-15-17-24(18-16-23)34(3)4/h10,13-18,20,25-27,33H,5-9,11-12,19H2,1-4H3,(H,38,39). The van der Waals surface area contributed by atoms with E-state index in [1.54, 1.807) is 0 Å². The number of fused-ring (bicyclic) bond motifs is 1. The fraction of sp³-hybridized carbons (Fsp3) is 0.531. The zero-order valence-electron chi connectivity index (χ0n) is 23.6. The lowest BCUT2D eigenvalue weighted by Crippen LogP contribution is -2.57. The van der Waals surface area contributed by atoms with Gasteiger partial charge in [0.1, 0.15) is 5.54 Å². The van der Waals surface area contributed by atoms with Crippen molar-refractivity contribution in [3.8, 4) is 0 Å². The van der Waals surface area contributed by atoms with E-state index in [0.29, 0.717) is 24.9 Å². The van der Waals surface area contributed by atoms with Gasteiger partial charge in [-0.3, -0.25) is 19.7 Å². The third kappa shape index (κ3) is 4.54. The molecule has 2 amide bonds. The Balaban J connectivity index is 1.64. The van der Waals surface area contributed by atoms with E-state index in [4.69, 9.17) is 0 Å². The number of hydrogen-bond donors (Lipinski definition) is 2. The Morgan fingerprint density at radius 1 is 0.974 bits per heavy atom. The molecule has 0 radical (unpaired) electrons. The molecule has 4 atom stereocenters. The van der Waals surface area contributed by atoms with Gasteiger partial charge in [-0.2, -0.15) is 0 Å². The first-order valence-electron chi connectivity index (χ1n) is 14.5. The number of aryl methyl sites for hydroxylation is 2. The van der Waals surface area contributed by atoms with Crippen molar-refractivity contribution >= 4 is 29.2 Å². The van der Waals surface area contributed by atoms with Gasteiger partial charge in [0, 0.05) is 25.8 Å². The predicted molar refractivity (Wildman–Crippen MR) is 153 cm³/mol. The Bertz CT molecular complexity index is 1230. The maximum absolute atomic E-state index is 14.4. The Morgan fingerprint density at radius 2 is 1.59 bits per heavy atom. The van der Waals surface area contributed by atoms with E-state index >= 15 is 0 Å². The molecule has 7 heteroatoms. The van der Waals surface area contributed by atoms with E-state index in [-0.39, 0.29) is 17.7 Å². The van der Waals surface area contributed by atoms with Crippen molar-refractivity contribution in [2.75, 3.05) is 23.9 Å². The van der Waals surface area contributed by atoms with Gasteiger partial charge in [-0.15, -0.1) is 0 Å². The highest BCUT2D eigenvalue weighted by atomic mass is 16.4. The zero-order valence-corrected chi connectivity index (χ0v) is 23.6. The average molecular weight is 532 g/mol. The van der Waals surface area contributed by atoms with Gasteiger partial charge in [0.2, 0.25) is 11.8 Å². The summed E-state index contributed by atoms with van der Waals surface area (Å²) in [5.41, 5.74) is 2.88. The third-order valence-electron chi connectivity index (χ3n) is 9.33. The molecule has 39 heavy (non-hydrogen) atoms. The van der Waals surface area contributed by atoms with Crippen molar-refractivity contribution < 1.29 is 19.5 Å². The van der Waals surface area contributed by atoms with E-state index in [0.717, 1.165) is 54.5 Å². The number of hydrogen-bond acceptors (Lipinski definition) is 5. The molecule has 0 aromatic heterocycles. The van der Waals surface area contributed by atoms with Crippen LogP contribution in [0.5, 0.6) is 0 Å². The van der Waals surface area contributed by atoms with Crippen LogP contribution in [-0.2, 0) is 27.2 Å². The first kappa shape index (κ1) is 27.4. The highest BCUT2D eigenvalue weighted by Gasteiger charge is 2.69. The quantitative estimate of drug-likeness (QED) is 0.460. The lowest BCUT2D eigenvalue weighted by Gasteiger charge is -2.36. The largest absolute Gasteiger partial charge is 0.480 e. The van der Waals surface area contributed by atoms with Crippen LogP contribution in [0.15, 0.2) is 42.5 Å². The van der Waals surface area contributed by atoms with Crippen LogP contribution in [-0.4, -0.2) is 42.5 Å². The van der Waals surface area contributed by atoms with Crippen LogP contribution in [0.4, 0.5) is 11.4 Å². The van der Waals surface area contributed by atoms with E-state index in [1.807, 2.05) is 75.3 Å². The summed E-state index contributed by atoms with van der Waals surface area (Å²) >= 11 is 0. The molecule has 3 fully saturated rings. The Kier molecular flexibility index (Phi) is 7.55. The van der Waals surface area contributed by atoms with Crippen LogP contribution in [0.2, 0.25) is 0 Å². The number of para-hydroxylation sites is 1. The van der Waals surface area contributed by atoms with Gasteiger partial charge >= 0.3 is 5.97 Å². The molecule has 2 N–H and O–H groups in total. The zero-order chi connectivity index (χ0) is 27.9. The van der Waals surface area contributed by atoms with E-state index in [9.17, 15) is 19.5 Å². The predicted octanol–water partition coefficient (Wildman–Crippen LogP) is 5.12. The highest BCUT2D eigenvalue weighted by Crippen LogP contribution is 2.53. The number of carbonyl (C=O) groups is 3. The number of anilines is 2. The van der Waals surface area contributed by atoms with Crippen LogP contribution in [0.3, 0.4) is 0 Å². The number of rotatable bonds is 8. The molecule has 3 aliphatic rings. The van der Waals surface area contributed by atoms with Gasteiger partial charge < -0.3 is 10.0 Å². The second-order valence-corrected chi connectivity index (χ2v) is 11.7. The number of aliphatic carboxylic acids is 1. The number of amides is 2. The molecule has 2 aromatic carbocycles. The summed E-state index contributed by atoms with van der Waals surface area (Å²) in [4.78, 5) is 45.4. The first-order chi connectivity index (χ1) is 18.7. The molecule has 7 nitrogen and oxygen atoms in total. The first-order valence-corrected chi connectivity index (χ1v) is 14.5. The van der Waals surface area contributed by atoms with Crippen molar-refractivity contribution in [3.63, 3.8) is 0 Å². The highest BCUT2D eigenvalue weighted by molar-refractivity contribution is 6.25. The summed E-state index contributed by atoms with van der Waals surface area (Å²) in [6.45, 7) is 4.04. The van der Waals surface area contributed by atoms with Gasteiger partial charge in [0.25, 0.3) is 0 Å². The van der Waals surface area contributed by atoms with Gasteiger partial charge in [-0.1, -0.05) is 76.3 Å². The molecule has 2 aliphatic heterocycles. The van der Waals surface area contributed by atoms with Gasteiger partial charge in [-0.25, -0.2) is 4.90 Å². The van der Waals surface area contributed by atoms with Crippen LogP contribution in [0.25, 0.3) is 0 Å². The third-order valence-corrected chi connectivity index (χ3v) is 9.33. The smallest absolute Gasteiger partial charge is 0.324 e. The molecular weight excluding hydrogens is 490 g/mol. The van der Waals surface area contributed by atoms with E-state index < -0.39 is 29.4 Å². The normalized spacial score (nSPS) is 27.2. The fourth-order valence-electron chi connectivity index (χ4n) is 7.31. The number of carboxylic acids is 1. The van der Waals surface area contributed by atoms with E-state index in [2.05, 4.69) is 5.32 Å². The maximum Gasteiger partial charge on any atom is 0.324 e. The molecule has 208 valence electrons. The second kappa shape index (κ2) is 10.8. The van der Waals surface area contributed by atoms with Crippen LogP contribution in [0.1, 0.15) is 75.1 Å². The minimum Gasteiger partial charge on any atom is -0.480 e. The number of carboxylic acid groups (broad SMARTS) is 1. The fourth-order valence-corrected chi connectivity index (χ4v) is 7.31. The number of nitrogens with zero attached hydrogens (tertiary/aromatic N) is 2. The summed E-state index contributed by atoms with van der Waals surface area (Å²) in [5, 5.41) is 14.3. The monoisotopic (exact) mass is 531 g/mol. The van der Waals surface area contributed by atoms with Gasteiger partial charge in [0.05, 0.1) is 17.5 Å². The van der Waals surface area contributed by atoms with E-state index in [1.165, 1.54) is 4.90 Å². The lowest BCUT2D eigenvalue weighted by molar-refractivity contribution is -0.150. The summed E-state index contributed by atoms with van der Waals surface area (Å²) in [6.07, 6.45) is 6.94. The van der Waals surface area contributed by atoms with Gasteiger partial charge in [0.15, 0.2) is 0 Å². The topological polar surface area (TPSA) is 90.0 Å². The van der Waals surface area contributed by atoms with Gasteiger partial charge in [-0.05, 0) is 54.0 Å². The number of imide groups is 1. The van der Waals surface area contributed by atoms with Crippen LogP contribution in [0, 0.1) is 17.8 Å². The molecule has 1 aliphatic carbocycles. The van der Waals surface area contributed by atoms with Crippen molar-refractivity contribution in [1.29, 1.82) is 0 Å². The molecule has 0 spiro atoms.